The van der Waals surface area contributed by atoms with Crippen LogP contribution in [0.3, 0.4) is 0 Å². The molecule has 62 heavy (non-hydrogen) atoms. The van der Waals surface area contributed by atoms with Crippen LogP contribution in [0, 0.1) is 29.5 Å². The molecule has 6 atom stereocenters. The van der Waals surface area contributed by atoms with Gasteiger partial charge in [0.05, 0.1) is 38.1 Å². The zero-order chi connectivity index (χ0) is 44.1. The van der Waals surface area contributed by atoms with Gasteiger partial charge in [0.1, 0.15) is 35.6 Å². The van der Waals surface area contributed by atoms with E-state index in [1.54, 1.807) is 24.3 Å². The van der Waals surface area contributed by atoms with Crippen LogP contribution in [0.25, 0.3) is 0 Å². The second-order valence-electron chi connectivity index (χ2n) is 18.5. The molecule has 0 bridgehead atoms. The number of oxime groups is 1. The summed E-state index contributed by atoms with van der Waals surface area (Å²) in [5.41, 5.74) is 2.44. The molecule has 4 aliphatic rings. The topological polar surface area (TPSA) is 140 Å². The molecule has 0 saturated heterocycles. The number of carbonyl (C=O) groups excluding carboxylic acids is 1. The third kappa shape index (κ3) is 11.7. The minimum atomic E-state index is -1.40. The van der Waals surface area contributed by atoms with Gasteiger partial charge < -0.3 is 44.0 Å². The minimum Gasteiger partial charge on any atom is -0.489 e. The van der Waals surface area contributed by atoms with Gasteiger partial charge >= 0.3 is 0 Å². The SMILES string of the molecule is C=CCOC12Oc3ccc(OCc4ccccc4F)cc3C3C(CCCCO)C(CCCCO)C=C(C(=NOC(C)(C)C)CC1N(CCOCCO)C(=O)CCC1CCCC1)C32. The highest BCUT2D eigenvalue weighted by molar-refractivity contribution is 6.03. The molecule has 0 radical (unpaired) electrons. The Kier molecular flexibility index (Phi) is 17.5. The predicted molar refractivity (Wildman–Crippen MR) is 237 cm³/mol. The van der Waals surface area contributed by atoms with Gasteiger partial charge in [-0.05, 0) is 100 Å². The molecule has 2 aromatic rings. The number of rotatable bonds is 24. The fourth-order valence-corrected chi connectivity index (χ4v) is 10.3. The highest BCUT2D eigenvalue weighted by Gasteiger charge is 2.65. The van der Waals surface area contributed by atoms with Gasteiger partial charge in [-0.15, -0.1) is 6.58 Å². The van der Waals surface area contributed by atoms with Crippen molar-refractivity contribution in [3.63, 3.8) is 0 Å². The Balaban J connectivity index is 1.55. The maximum Gasteiger partial charge on any atom is 0.239 e. The molecule has 342 valence electrons. The number of hydrogen-bond donors (Lipinski definition) is 3. The van der Waals surface area contributed by atoms with Crippen molar-refractivity contribution in [2.75, 3.05) is 46.2 Å². The lowest BCUT2D eigenvalue weighted by Crippen LogP contribution is -2.70. The van der Waals surface area contributed by atoms with Crippen molar-refractivity contribution >= 4 is 11.6 Å². The highest BCUT2D eigenvalue weighted by Crippen LogP contribution is 2.62. The van der Waals surface area contributed by atoms with Crippen LogP contribution in [0.1, 0.15) is 121 Å². The average Bonchev–Trinajstić information content (AvgIpc) is 3.79. The Morgan fingerprint density at radius 1 is 1.00 bits per heavy atom. The molecule has 2 saturated carbocycles. The molecule has 12 heteroatoms. The molecule has 11 nitrogen and oxygen atoms in total. The summed E-state index contributed by atoms with van der Waals surface area (Å²) in [7, 11) is 0. The maximum absolute atomic E-state index is 14.9. The van der Waals surface area contributed by atoms with Crippen LogP contribution in [-0.4, -0.2) is 95.5 Å². The second-order valence-corrected chi connectivity index (χ2v) is 18.5. The summed E-state index contributed by atoms with van der Waals surface area (Å²) in [4.78, 5) is 23.0. The van der Waals surface area contributed by atoms with Gasteiger partial charge in [0.2, 0.25) is 11.7 Å². The van der Waals surface area contributed by atoms with E-state index in [9.17, 15) is 24.5 Å². The molecule has 0 spiro atoms. The van der Waals surface area contributed by atoms with Crippen LogP contribution in [-0.2, 0) is 25.7 Å². The van der Waals surface area contributed by atoms with Crippen molar-refractivity contribution < 1.29 is 48.3 Å². The number of aliphatic hydroxyl groups excluding tert-OH is 3. The highest BCUT2D eigenvalue weighted by atomic mass is 19.1. The van der Waals surface area contributed by atoms with Crippen molar-refractivity contribution in [1.29, 1.82) is 0 Å². The van der Waals surface area contributed by atoms with E-state index < -0.39 is 23.3 Å². The van der Waals surface area contributed by atoms with Crippen molar-refractivity contribution in [2.45, 2.75) is 134 Å². The van der Waals surface area contributed by atoms with Gasteiger partial charge in [0, 0.05) is 49.6 Å². The summed E-state index contributed by atoms with van der Waals surface area (Å²) in [5, 5.41) is 34.4. The monoisotopic (exact) mass is 863 g/mol. The third-order valence-electron chi connectivity index (χ3n) is 13.1. The van der Waals surface area contributed by atoms with E-state index in [1.807, 2.05) is 43.9 Å². The smallest absolute Gasteiger partial charge is 0.239 e. The predicted octanol–water partition coefficient (Wildman–Crippen LogP) is 8.64. The van der Waals surface area contributed by atoms with Crippen LogP contribution >= 0.6 is 0 Å². The molecule has 6 unspecified atom stereocenters. The first kappa shape index (κ1) is 47.7. The average molecular weight is 863 g/mol. The number of hydrogen-bond acceptors (Lipinski definition) is 10. The van der Waals surface area contributed by atoms with Crippen LogP contribution in [0.5, 0.6) is 11.5 Å². The van der Waals surface area contributed by atoms with Crippen LogP contribution in [0.4, 0.5) is 4.39 Å². The number of nitrogens with zero attached hydrogens (tertiary/aromatic N) is 2. The van der Waals surface area contributed by atoms with E-state index in [-0.39, 0.29) is 88.7 Å². The molecule has 1 heterocycles. The van der Waals surface area contributed by atoms with E-state index in [4.69, 9.17) is 28.9 Å². The number of fused-ring (bicyclic) bond motifs is 2. The van der Waals surface area contributed by atoms with E-state index in [1.165, 1.54) is 18.9 Å². The zero-order valence-corrected chi connectivity index (χ0v) is 37.3. The molecule has 3 aliphatic carbocycles. The second kappa shape index (κ2) is 22.7. The fourth-order valence-electron chi connectivity index (χ4n) is 10.3. The molecule has 1 amide bonds. The first-order valence-electron chi connectivity index (χ1n) is 23.1. The van der Waals surface area contributed by atoms with Crippen LogP contribution in [0.2, 0.25) is 0 Å². The number of ether oxygens (including phenoxy) is 4. The number of benzene rings is 2. The first-order chi connectivity index (χ1) is 30.0. The number of allylic oxidation sites excluding steroid dienone is 1. The van der Waals surface area contributed by atoms with Gasteiger partial charge in [0.15, 0.2) is 0 Å². The summed E-state index contributed by atoms with van der Waals surface area (Å²) >= 11 is 0. The van der Waals surface area contributed by atoms with Gasteiger partial charge in [-0.3, -0.25) is 4.79 Å². The number of amides is 1. The van der Waals surface area contributed by atoms with Crippen molar-refractivity contribution in [3.05, 3.63) is 83.7 Å². The molecule has 1 aliphatic heterocycles. The third-order valence-corrected chi connectivity index (χ3v) is 13.1. The van der Waals surface area contributed by atoms with Gasteiger partial charge in [-0.25, -0.2) is 4.39 Å². The standard InChI is InChI=1S/C50H71FN2O9/c1-5-28-60-50-45(53(24-29-58-30-27-56)46(57)23-20-35-14-6-7-15-35)33-43(52-62-49(2,3)4)40-31-36(16-10-12-25-54)39(18-11-13-26-55)47(48(40)50)41-32-38(21-22-44(41)61-50)59-34-37-17-8-9-19-42(37)51/h5,8-9,17,19,21-22,31-32,35-36,39,45,47-48,54-56H,1,6-7,10-16,18,20,23-30,33-34H2,2-4H3. The lowest BCUT2D eigenvalue weighted by atomic mass is 9.55. The lowest BCUT2D eigenvalue weighted by Gasteiger charge is -2.60. The van der Waals surface area contributed by atoms with Crippen molar-refractivity contribution in [1.82, 2.24) is 4.90 Å². The van der Waals surface area contributed by atoms with E-state index in [0.717, 1.165) is 61.8 Å². The summed E-state index contributed by atoms with van der Waals surface area (Å²) in [5.74, 6) is -0.676. The largest absolute Gasteiger partial charge is 0.489 e. The Morgan fingerprint density at radius 2 is 1.76 bits per heavy atom. The molecular weight excluding hydrogens is 792 g/mol. The Bertz CT molecular complexity index is 1820. The van der Waals surface area contributed by atoms with Crippen molar-refractivity contribution in [3.8, 4) is 11.5 Å². The van der Waals surface area contributed by atoms with Crippen LogP contribution < -0.4 is 9.47 Å². The van der Waals surface area contributed by atoms with Gasteiger partial charge in [-0.1, -0.05) is 74.0 Å². The quantitative estimate of drug-likeness (QED) is 0.0538. The molecule has 6 rings (SSSR count). The normalized spacial score (nSPS) is 25.1. The van der Waals surface area contributed by atoms with E-state index >= 15 is 0 Å². The molecular formula is C50H71FN2O9. The molecule has 0 aromatic heterocycles. The molecule has 2 aromatic carbocycles. The fraction of sp³-hybridized carbons (Fsp3) is 0.640. The molecule has 3 N–H and O–H groups in total. The minimum absolute atomic E-state index is 0.0142. The van der Waals surface area contributed by atoms with Crippen molar-refractivity contribution in [2.24, 2.45) is 28.8 Å². The molecule has 2 fully saturated rings. The van der Waals surface area contributed by atoms with Gasteiger partial charge in [0.25, 0.3) is 0 Å². The summed E-state index contributed by atoms with van der Waals surface area (Å²) in [6.07, 6.45) is 14.7. The summed E-state index contributed by atoms with van der Waals surface area (Å²) in [6, 6.07) is 11.7. The van der Waals surface area contributed by atoms with Crippen LogP contribution in [0.15, 0.2) is 71.9 Å². The number of aliphatic hydroxyl groups is 3. The zero-order valence-electron chi connectivity index (χ0n) is 37.3. The number of unbranched alkanes of at least 4 members (excludes halogenated alkanes) is 2. The maximum atomic E-state index is 14.9. The summed E-state index contributed by atoms with van der Waals surface area (Å²) < 4.78 is 41.5. The Hall–Kier alpha value is -3.81. The van der Waals surface area contributed by atoms with E-state index in [2.05, 4.69) is 12.7 Å². The Labute approximate surface area is 368 Å². The number of halogens is 1. The summed E-state index contributed by atoms with van der Waals surface area (Å²) in [6.45, 7) is 10.8. The first-order valence-corrected chi connectivity index (χ1v) is 23.1. The lowest BCUT2D eigenvalue weighted by molar-refractivity contribution is -0.258. The van der Waals surface area contributed by atoms with Gasteiger partial charge in [-0.2, -0.15) is 0 Å². The Morgan fingerprint density at radius 3 is 2.47 bits per heavy atom. The van der Waals surface area contributed by atoms with E-state index in [0.29, 0.717) is 42.2 Å². The number of carbonyl (C=O) groups is 1.